The van der Waals surface area contributed by atoms with Crippen molar-refractivity contribution < 1.29 is 10.2 Å². The second-order valence-electron chi connectivity index (χ2n) is 12.7. The number of aromatic nitrogens is 4. The van der Waals surface area contributed by atoms with E-state index >= 15 is 0 Å². The minimum atomic E-state index is -0.431. The molecule has 0 amide bonds. The Morgan fingerprint density at radius 1 is 1.10 bits per heavy atom. The van der Waals surface area contributed by atoms with Gasteiger partial charge in [-0.05, 0) is 88.4 Å². The molecular formula is C30H51N9O2. The van der Waals surface area contributed by atoms with E-state index in [4.69, 9.17) is 32.5 Å². The van der Waals surface area contributed by atoms with Gasteiger partial charge >= 0.3 is 0 Å². The van der Waals surface area contributed by atoms with Crippen LogP contribution in [0.2, 0.25) is 0 Å². The Bertz CT molecular complexity index is 1230. The van der Waals surface area contributed by atoms with E-state index < -0.39 is 12.2 Å². The second kappa shape index (κ2) is 14.3. The van der Waals surface area contributed by atoms with Crippen LogP contribution >= 0.6 is 0 Å². The number of nitrogens with one attached hydrogen (secondary N) is 2. The number of aryl methyl sites for hydroxylation is 1. The number of hydrogen-bond acceptors (Lipinski definition) is 10. The maximum Gasteiger partial charge on any atom is 0.168 e. The van der Waals surface area contributed by atoms with Crippen LogP contribution in [-0.4, -0.2) is 66.4 Å². The van der Waals surface area contributed by atoms with Gasteiger partial charge in [-0.25, -0.2) is 20.8 Å². The first kappa shape index (κ1) is 32.5. The molecule has 0 saturated heterocycles. The van der Waals surface area contributed by atoms with Crippen molar-refractivity contribution in [3.8, 4) is 0 Å². The van der Waals surface area contributed by atoms with Crippen LogP contribution in [0.25, 0.3) is 11.0 Å². The number of aliphatic hydroxyl groups is 2. The number of nitrogen functional groups attached to an aromatic ring is 3. The monoisotopic (exact) mass is 569 g/mol. The van der Waals surface area contributed by atoms with Crippen LogP contribution in [0, 0.1) is 5.92 Å². The second-order valence-corrected chi connectivity index (χ2v) is 12.7. The molecule has 1 aromatic carbocycles. The molecule has 2 unspecified atom stereocenters. The van der Waals surface area contributed by atoms with E-state index in [9.17, 15) is 0 Å². The molecule has 2 heterocycles. The third kappa shape index (κ3) is 9.00. The molecule has 3 aromatic rings. The van der Waals surface area contributed by atoms with E-state index in [0.29, 0.717) is 11.9 Å². The molecule has 2 fully saturated rings. The predicted molar refractivity (Wildman–Crippen MR) is 167 cm³/mol. The molecular weight excluding hydrogens is 518 g/mol. The zero-order valence-electron chi connectivity index (χ0n) is 25.6. The van der Waals surface area contributed by atoms with Gasteiger partial charge in [-0.15, -0.1) is 0 Å². The maximum atomic E-state index is 8.75. The van der Waals surface area contributed by atoms with E-state index in [1.807, 2.05) is 0 Å². The average Bonchev–Trinajstić information content (AvgIpc) is 3.48. The van der Waals surface area contributed by atoms with E-state index in [0.717, 1.165) is 49.0 Å². The van der Waals surface area contributed by atoms with Gasteiger partial charge in [0, 0.05) is 18.5 Å². The Kier molecular flexibility index (Phi) is 11.3. The molecule has 2 aliphatic rings. The fourth-order valence-corrected chi connectivity index (χ4v) is 5.12. The highest BCUT2D eigenvalue weighted by molar-refractivity contribution is 5.76. The van der Waals surface area contributed by atoms with Crippen molar-refractivity contribution in [2.45, 2.75) is 109 Å². The first-order valence-electron chi connectivity index (χ1n) is 14.7. The molecule has 0 aliphatic heterocycles. The maximum absolute atomic E-state index is 8.75. The van der Waals surface area contributed by atoms with Gasteiger partial charge in [-0.1, -0.05) is 26.8 Å². The molecule has 0 bridgehead atoms. The van der Waals surface area contributed by atoms with Crippen molar-refractivity contribution in [3.05, 3.63) is 35.9 Å². The van der Waals surface area contributed by atoms with E-state index in [2.05, 4.69) is 85.1 Å². The Balaban J connectivity index is 0.000000221. The van der Waals surface area contributed by atoms with Crippen LogP contribution in [-0.2, 0) is 11.8 Å². The summed E-state index contributed by atoms with van der Waals surface area (Å²) in [6.45, 7) is 11.3. The summed E-state index contributed by atoms with van der Waals surface area (Å²) in [6.07, 6.45) is 7.98. The molecule has 2 atom stereocenters. The van der Waals surface area contributed by atoms with Crippen LogP contribution < -0.4 is 22.7 Å². The number of imidazole rings is 1. The molecule has 0 spiro atoms. The molecule has 41 heavy (non-hydrogen) atoms. The van der Waals surface area contributed by atoms with Gasteiger partial charge in [0.15, 0.2) is 11.6 Å². The summed E-state index contributed by atoms with van der Waals surface area (Å²) in [5, 5.41) is 17.5. The molecule has 2 saturated carbocycles. The number of anilines is 3. The Hall–Kier alpha value is -2.99. The normalized spacial score (nSPS) is 22.1. The standard InChI is InChI=1S/C21H33N3.C5H10O2.C4H8N6/c1-14(2)24(6)17-11-15(12-17)7-10-20-22-18-9-8-16(21(3,4)5)13-19(18)23-20;6-4-2-1-3-5(4)7;5-2-3(6)8-1-9-4(2)10-7/h8-9,13-15,17H,7,10-12H2,1-6H3,(H,22,23);4-7H,1-3H2;1H,5,7H2,(H3,6,8,9,10). The molecule has 5 rings (SSSR count). The lowest BCUT2D eigenvalue weighted by Crippen LogP contribution is -2.45. The molecule has 11 heteroatoms. The van der Waals surface area contributed by atoms with Crippen LogP contribution in [0.5, 0.6) is 0 Å². The largest absolute Gasteiger partial charge is 0.393 e. The summed E-state index contributed by atoms with van der Waals surface area (Å²) in [7, 11) is 2.26. The summed E-state index contributed by atoms with van der Waals surface area (Å²) >= 11 is 0. The average molecular weight is 570 g/mol. The number of aromatic amines is 1. The van der Waals surface area contributed by atoms with Gasteiger partial charge in [0.25, 0.3) is 0 Å². The van der Waals surface area contributed by atoms with Crippen LogP contribution in [0.4, 0.5) is 17.3 Å². The molecule has 228 valence electrons. The summed E-state index contributed by atoms with van der Waals surface area (Å²) < 4.78 is 0. The summed E-state index contributed by atoms with van der Waals surface area (Å²) in [4.78, 5) is 18.2. The third-order valence-corrected chi connectivity index (χ3v) is 8.28. The van der Waals surface area contributed by atoms with Crippen molar-refractivity contribution in [2.24, 2.45) is 11.8 Å². The third-order valence-electron chi connectivity index (χ3n) is 8.28. The van der Waals surface area contributed by atoms with Crippen molar-refractivity contribution >= 4 is 28.4 Å². The van der Waals surface area contributed by atoms with Crippen LogP contribution in [0.1, 0.15) is 84.5 Å². The van der Waals surface area contributed by atoms with Crippen molar-refractivity contribution in [1.82, 2.24) is 24.8 Å². The smallest absolute Gasteiger partial charge is 0.168 e. The fraction of sp³-hybridized carbons (Fsp3) is 0.633. The first-order chi connectivity index (χ1) is 19.3. The number of rotatable bonds is 6. The highest BCUT2D eigenvalue weighted by Crippen LogP contribution is 2.35. The van der Waals surface area contributed by atoms with Gasteiger partial charge in [-0.2, -0.15) is 0 Å². The van der Waals surface area contributed by atoms with Gasteiger partial charge in [0.05, 0.1) is 23.2 Å². The van der Waals surface area contributed by atoms with Crippen LogP contribution in [0.15, 0.2) is 24.5 Å². The number of fused-ring (bicyclic) bond motifs is 1. The highest BCUT2D eigenvalue weighted by atomic mass is 16.3. The number of nitrogens with two attached hydrogens (primary N) is 3. The van der Waals surface area contributed by atoms with Crippen molar-refractivity contribution in [3.63, 3.8) is 0 Å². The quantitative estimate of drug-likeness (QED) is 0.170. The minimum absolute atomic E-state index is 0.183. The zero-order valence-corrected chi connectivity index (χ0v) is 25.6. The molecule has 10 N–H and O–H groups in total. The summed E-state index contributed by atoms with van der Waals surface area (Å²) in [6, 6.07) is 8.09. The molecule has 2 aliphatic carbocycles. The van der Waals surface area contributed by atoms with E-state index in [1.54, 1.807) is 0 Å². The van der Waals surface area contributed by atoms with Gasteiger partial charge in [0.2, 0.25) is 0 Å². The number of hydrazine groups is 1. The predicted octanol–water partition coefficient (Wildman–Crippen LogP) is 3.73. The number of hydrogen-bond donors (Lipinski definition) is 7. The zero-order chi connectivity index (χ0) is 30.3. The molecule has 2 aromatic heterocycles. The lowest BCUT2D eigenvalue weighted by atomic mass is 9.76. The number of nitrogens with zero attached hydrogens (tertiary/aromatic N) is 4. The Morgan fingerprint density at radius 3 is 2.27 bits per heavy atom. The summed E-state index contributed by atoms with van der Waals surface area (Å²) in [5.41, 5.74) is 17.1. The fourth-order valence-electron chi connectivity index (χ4n) is 5.12. The highest BCUT2D eigenvalue weighted by Gasteiger charge is 2.32. The number of H-pyrrole nitrogens is 1. The molecule has 0 radical (unpaired) electrons. The number of benzene rings is 1. The minimum Gasteiger partial charge on any atom is -0.393 e. The van der Waals surface area contributed by atoms with Crippen molar-refractivity contribution in [2.75, 3.05) is 23.9 Å². The van der Waals surface area contributed by atoms with Crippen LogP contribution in [0.3, 0.4) is 0 Å². The van der Waals surface area contributed by atoms with Gasteiger partial charge in [0.1, 0.15) is 17.8 Å². The molecule has 11 nitrogen and oxygen atoms in total. The van der Waals surface area contributed by atoms with Gasteiger partial charge in [-0.3, -0.25) is 0 Å². The van der Waals surface area contributed by atoms with E-state index in [-0.39, 0.29) is 16.9 Å². The lowest BCUT2D eigenvalue weighted by molar-refractivity contribution is 0.0438. The van der Waals surface area contributed by atoms with E-state index in [1.165, 1.54) is 36.7 Å². The Morgan fingerprint density at radius 2 is 1.76 bits per heavy atom. The Labute approximate surface area is 244 Å². The van der Waals surface area contributed by atoms with Gasteiger partial charge < -0.3 is 37.0 Å². The lowest BCUT2D eigenvalue weighted by Gasteiger charge is -2.43. The van der Waals surface area contributed by atoms with Crippen molar-refractivity contribution in [1.29, 1.82) is 0 Å². The topological polar surface area (TPSA) is 188 Å². The number of aliphatic hydroxyl groups excluding tert-OH is 2. The first-order valence-corrected chi connectivity index (χ1v) is 14.7. The summed E-state index contributed by atoms with van der Waals surface area (Å²) in [5.74, 6) is 7.63. The SMILES string of the molecule is CC(C)N(C)C1CC(CCc2nc3ccc(C(C)(C)C)cc3[nH]2)C1.NNc1ncnc(N)c1N.OC1CCCC1O.